The van der Waals surface area contributed by atoms with E-state index in [1.807, 2.05) is 55.5 Å². The first kappa shape index (κ1) is 10.8. The second-order valence-electron chi connectivity index (χ2n) is 3.42. The van der Waals surface area contributed by atoms with E-state index in [1.165, 1.54) is 0 Å². The average Bonchev–Trinajstić information content (AvgIpc) is 2.32. The lowest BCUT2D eigenvalue weighted by atomic mass is 10.2. The van der Waals surface area contributed by atoms with Crippen molar-refractivity contribution in [1.82, 2.24) is 0 Å². The molecule has 0 amide bonds. The van der Waals surface area contributed by atoms with Crippen LogP contribution in [0.25, 0.3) is 0 Å². The van der Waals surface area contributed by atoms with Gasteiger partial charge in [0.1, 0.15) is 0 Å². The maximum Gasteiger partial charge on any atom is 0.0901 e. The van der Waals surface area contributed by atoms with Crippen LogP contribution < -0.4 is 0 Å². The summed E-state index contributed by atoms with van der Waals surface area (Å²) in [5.74, 6) is 0. The molecule has 2 aromatic carbocycles. The summed E-state index contributed by atoms with van der Waals surface area (Å²) in [6, 6.07) is 15.2. The van der Waals surface area contributed by atoms with E-state index in [0.717, 1.165) is 16.9 Å². The number of hydrogen-bond donors (Lipinski definition) is 0. The molecule has 0 aliphatic rings. The molecule has 2 aromatic rings. The van der Waals surface area contributed by atoms with Crippen molar-refractivity contribution in [3.8, 4) is 0 Å². The highest BCUT2D eigenvalue weighted by Gasteiger charge is 1.99. The molecule has 0 radical (unpaired) electrons. The fourth-order valence-corrected chi connectivity index (χ4v) is 1.48. The molecule has 0 fully saturated rings. The van der Waals surface area contributed by atoms with E-state index in [4.69, 9.17) is 11.6 Å². The first-order valence-corrected chi connectivity index (χ1v) is 5.37. The largest absolute Gasteiger partial charge is 0.151 e. The smallest absolute Gasteiger partial charge is 0.0901 e. The molecule has 0 aliphatic carbocycles. The second-order valence-corrected chi connectivity index (χ2v) is 3.83. The summed E-state index contributed by atoms with van der Waals surface area (Å²) >= 11 is 5.99. The fourth-order valence-electron chi connectivity index (χ4n) is 1.31. The Balaban J connectivity index is 2.28. The maximum absolute atomic E-state index is 5.99. The summed E-state index contributed by atoms with van der Waals surface area (Å²) in [6.45, 7) is 1.93. The molecule has 0 aliphatic heterocycles. The van der Waals surface area contributed by atoms with E-state index in [9.17, 15) is 0 Å². The van der Waals surface area contributed by atoms with Gasteiger partial charge < -0.3 is 0 Å². The zero-order chi connectivity index (χ0) is 11.4. The highest BCUT2D eigenvalue weighted by Crippen LogP contribution is 2.26. The Hall–Kier alpha value is -1.67. The summed E-state index contributed by atoms with van der Waals surface area (Å²) < 4.78 is 0. The summed E-state index contributed by atoms with van der Waals surface area (Å²) in [4.78, 5) is 0. The van der Waals surface area contributed by atoms with Crippen LogP contribution in [0.3, 0.4) is 0 Å². The first-order valence-electron chi connectivity index (χ1n) is 4.99. The van der Waals surface area contributed by atoms with Crippen molar-refractivity contribution < 1.29 is 0 Å². The quantitative estimate of drug-likeness (QED) is 0.644. The summed E-state index contributed by atoms with van der Waals surface area (Å²) in [5.41, 5.74) is 2.59. The van der Waals surface area contributed by atoms with Gasteiger partial charge in [0, 0.05) is 5.02 Å². The van der Waals surface area contributed by atoms with Crippen LogP contribution in [0.4, 0.5) is 11.4 Å². The Morgan fingerprint density at radius 2 is 1.62 bits per heavy atom. The van der Waals surface area contributed by atoms with Gasteiger partial charge in [-0.25, -0.2) is 0 Å². The molecule has 3 heteroatoms. The van der Waals surface area contributed by atoms with Crippen molar-refractivity contribution in [3.05, 3.63) is 59.1 Å². The number of halogens is 1. The molecule has 0 N–H and O–H groups in total. The van der Waals surface area contributed by atoms with Crippen molar-refractivity contribution in [3.63, 3.8) is 0 Å². The third-order valence-corrected chi connectivity index (χ3v) is 2.68. The van der Waals surface area contributed by atoms with E-state index in [0.29, 0.717) is 5.02 Å². The van der Waals surface area contributed by atoms with Crippen LogP contribution in [-0.4, -0.2) is 0 Å². The van der Waals surface area contributed by atoms with Crippen molar-refractivity contribution in [2.75, 3.05) is 0 Å². The van der Waals surface area contributed by atoms with Gasteiger partial charge in [-0.15, -0.1) is 0 Å². The topological polar surface area (TPSA) is 24.7 Å². The molecule has 16 heavy (non-hydrogen) atoms. The molecule has 0 aromatic heterocycles. The van der Waals surface area contributed by atoms with E-state index in [2.05, 4.69) is 10.2 Å². The van der Waals surface area contributed by atoms with Crippen molar-refractivity contribution in [1.29, 1.82) is 0 Å². The minimum Gasteiger partial charge on any atom is -0.151 e. The fraction of sp³-hybridized carbons (Fsp3) is 0.0769. The molecule has 0 atom stereocenters. The Labute approximate surface area is 99.6 Å². The summed E-state index contributed by atoms with van der Waals surface area (Å²) in [7, 11) is 0. The van der Waals surface area contributed by atoms with Gasteiger partial charge >= 0.3 is 0 Å². The van der Waals surface area contributed by atoms with E-state index >= 15 is 0 Å². The average molecular weight is 231 g/mol. The SMILES string of the molecule is Cc1c(Cl)cccc1N=Nc1ccccc1. The molecule has 2 rings (SSSR count). The Bertz CT molecular complexity index is 507. The lowest BCUT2D eigenvalue weighted by molar-refractivity contribution is 1.21. The summed E-state index contributed by atoms with van der Waals surface area (Å²) in [5, 5.41) is 9.03. The lowest BCUT2D eigenvalue weighted by Gasteiger charge is -2.00. The molecular weight excluding hydrogens is 220 g/mol. The van der Waals surface area contributed by atoms with Crippen molar-refractivity contribution >= 4 is 23.0 Å². The van der Waals surface area contributed by atoms with Gasteiger partial charge in [-0.1, -0.05) is 35.9 Å². The first-order chi connectivity index (χ1) is 7.77. The van der Waals surface area contributed by atoms with Crippen LogP contribution in [0.2, 0.25) is 5.02 Å². The van der Waals surface area contributed by atoms with Crippen LogP contribution in [0.1, 0.15) is 5.56 Å². The van der Waals surface area contributed by atoms with Gasteiger partial charge in [0.2, 0.25) is 0 Å². The monoisotopic (exact) mass is 230 g/mol. The lowest BCUT2D eigenvalue weighted by Crippen LogP contribution is -1.74. The molecule has 0 unspecified atom stereocenters. The Morgan fingerprint density at radius 1 is 0.875 bits per heavy atom. The van der Waals surface area contributed by atoms with Crippen LogP contribution in [0.5, 0.6) is 0 Å². The predicted octanol–water partition coefficient (Wildman–Crippen LogP) is 5.06. The molecule has 80 valence electrons. The third kappa shape index (κ3) is 2.47. The van der Waals surface area contributed by atoms with E-state index in [-0.39, 0.29) is 0 Å². The number of benzene rings is 2. The molecule has 0 spiro atoms. The van der Waals surface area contributed by atoms with Gasteiger partial charge in [-0.2, -0.15) is 10.2 Å². The molecular formula is C13H11ClN2. The Morgan fingerprint density at radius 3 is 2.38 bits per heavy atom. The van der Waals surface area contributed by atoms with E-state index in [1.54, 1.807) is 0 Å². The zero-order valence-electron chi connectivity index (χ0n) is 8.89. The van der Waals surface area contributed by atoms with Gasteiger partial charge in [-0.3, -0.25) is 0 Å². The zero-order valence-corrected chi connectivity index (χ0v) is 9.65. The normalized spacial score (nSPS) is 10.9. The van der Waals surface area contributed by atoms with Crippen molar-refractivity contribution in [2.24, 2.45) is 10.2 Å². The van der Waals surface area contributed by atoms with Gasteiger partial charge in [0.05, 0.1) is 11.4 Å². The highest BCUT2D eigenvalue weighted by molar-refractivity contribution is 6.31. The second kappa shape index (κ2) is 4.90. The minimum atomic E-state index is 0.713. The molecule has 0 heterocycles. The van der Waals surface area contributed by atoms with Gasteiger partial charge in [0.25, 0.3) is 0 Å². The van der Waals surface area contributed by atoms with Gasteiger partial charge in [-0.05, 0) is 36.8 Å². The van der Waals surface area contributed by atoms with Crippen LogP contribution in [0.15, 0.2) is 58.8 Å². The van der Waals surface area contributed by atoms with Gasteiger partial charge in [0.15, 0.2) is 0 Å². The standard InChI is InChI=1S/C13H11ClN2/c1-10-12(14)8-5-9-13(10)16-15-11-6-3-2-4-7-11/h2-9H,1H3. The van der Waals surface area contributed by atoms with Crippen molar-refractivity contribution in [2.45, 2.75) is 6.92 Å². The number of hydrogen-bond acceptors (Lipinski definition) is 2. The van der Waals surface area contributed by atoms with Crippen LogP contribution in [-0.2, 0) is 0 Å². The molecule has 2 nitrogen and oxygen atoms in total. The highest BCUT2D eigenvalue weighted by atomic mass is 35.5. The number of azo groups is 1. The third-order valence-electron chi connectivity index (χ3n) is 2.27. The number of rotatable bonds is 2. The Kier molecular flexibility index (Phi) is 3.32. The molecule has 0 bridgehead atoms. The minimum absolute atomic E-state index is 0.713. The van der Waals surface area contributed by atoms with Crippen LogP contribution >= 0.6 is 11.6 Å². The molecule has 0 saturated heterocycles. The number of nitrogens with zero attached hydrogens (tertiary/aromatic N) is 2. The maximum atomic E-state index is 5.99. The molecule has 0 saturated carbocycles. The summed E-state index contributed by atoms with van der Waals surface area (Å²) in [6.07, 6.45) is 0. The van der Waals surface area contributed by atoms with E-state index < -0.39 is 0 Å². The predicted molar refractivity (Wildman–Crippen MR) is 66.8 cm³/mol. The van der Waals surface area contributed by atoms with Crippen LogP contribution in [0, 0.1) is 6.92 Å².